The van der Waals surface area contributed by atoms with Gasteiger partial charge < -0.3 is 4.84 Å². The molecule has 0 bridgehead atoms. The molecule has 0 aromatic carbocycles. The largest absolute Gasteiger partial charge is 0.391 e. The highest BCUT2D eigenvalue weighted by Gasteiger charge is 2.12. The van der Waals surface area contributed by atoms with Gasteiger partial charge in [-0.1, -0.05) is 0 Å². The summed E-state index contributed by atoms with van der Waals surface area (Å²) in [6.07, 6.45) is 2.40. The molecule has 0 spiro atoms. The van der Waals surface area contributed by atoms with Gasteiger partial charge in [-0.15, -0.1) is 17.5 Å². The van der Waals surface area contributed by atoms with Gasteiger partial charge in [0, 0.05) is 20.0 Å². The lowest BCUT2D eigenvalue weighted by Crippen LogP contribution is -2.21. The van der Waals surface area contributed by atoms with Crippen molar-refractivity contribution in [3.63, 3.8) is 0 Å². The number of nitrogens with one attached hydrogen (secondary N) is 1. The molecule has 0 aromatic heterocycles. The zero-order chi connectivity index (χ0) is 6.69. The molecule has 10 heavy (non-hydrogen) atoms. The van der Waals surface area contributed by atoms with Crippen LogP contribution in [0.2, 0.25) is 0 Å². The predicted octanol–water partition coefficient (Wildman–Crippen LogP) is 1.43. The monoisotopic (exact) mass is 164 g/mol. The third kappa shape index (κ3) is 3.03. The molecule has 1 fully saturated rings. The molecule has 1 aliphatic rings. The Morgan fingerprint density at radius 2 is 1.90 bits per heavy atom. The minimum absolute atomic E-state index is 0. The standard InChI is InChI=1S/C6H12N2O.ClH/c1-6(7)9-8-4-2-3-5-8;/h7H,2-5H2,1H3;1H. The van der Waals surface area contributed by atoms with Gasteiger partial charge in [-0.05, 0) is 12.8 Å². The fraction of sp³-hybridized carbons (Fsp3) is 0.833. The van der Waals surface area contributed by atoms with Gasteiger partial charge in [-0.2, -0.15) is 0 Å². The van der Waals surface area contributed by atoms with Gasteiger partial charge in [-0.3, -0.25) is 5.41 Å². The van der Waals surface area contributed by atoms with E-state index in [2.05, 4.69) is 0 Å². The van der Waals surface area contributed by atoms with E-state index in [9.17, 15) is 0 Å². The van der Waals surface area contributed by atoms with Gasteiger partial charge >= 0.3 is 0 Å². The van der Waals surface area contributed by atoms with E-state index >= 15 is 0 Å². The third-order valence-corrected chi connectivity index (χ3v) is 1.33. The van der Waals surface area contributed by atoms with Crippen LogP contribution in [-0.4, -0.2) is 24.1 Å². The van der Waals surface area contributed by atoms with E-state index in [0.29, 0.717) is 0 Å². The minimum atomic E-state index is 0. The Morgan fingerprint density at radius 3 is 2.30 bits per heavy atom. The quantitative estimate of drug-likeness (QED) is 0.470. The topological polar surface area (TPSA) is 36.3 Å². The molecule has 1 saturated heterocycles. The molecule has 1 heterocycles. The Morgan fingerprint density at radius 1 is 1.40 bits per heavy atom. The number of halogens is 1. The van der Waals surface area contributed by atoms with Crippen LogP contribution in [0.3, 0.4) is 0 Å². The first-order chi connectivity index (χ1) is 4.29. The van der Waals surface area contributed by atoms with Crippen LogP contribution < -0.4 is 0 Å². The Labute approximate surface area is 67.2 Å². The molecule has 60 valence electrons. The van der Waals surface area contributed by atoms with Crippen molar-refractivity contribution in [1.82, 2.24) is 5.06 Å². The molecule has 0 aliphatic carbocycles. The lowest BCUT2D eigenvalue weighted by atomic mass is 10.4. The van der Waals surface area contributed by atoms with Crippen molar-refractivity contribution < 1.29 is 4.84 Å². The van der Waals surface area contributed by atoms with Crippen LogP contribution in [0.5, 0.6) is 0 Å². The molecule has 0 amide bonds. The zero-order valence-electron chi connectivity index (χ0n) is 6.09. The van der Waals surface area contributed by atoms with Gasteiger partial charge in [0.1, 0.15) is 0 Å². The number of hydrogen-bond acceptors (Lipinski definition) is 3. The van der Waals surface area contributed by atoms with Crippen LogP contribution in [0.4, 0.5) is 0 Å². The average Bonchev–Trinajstić information content (AvgIpc) is 2.15. The number of rotatable bonds is 1. The molecular formula is C6H13ClN2O. The van der Waals surface area contributed by atoms with Gasteiger partial charge in [0.15, 0.2) is 0 Å². The first kappa shape index (κ1) is 9.72. The molecule has 4 heteroatoms. The van der Waals surface area contributed by atoms with Crippen LogP contribution in [0, 0.1) is 5.41 Å². The van der Waals surface area contributed by atoms with E-state index in [-0.39, 0.29) is 18.3 Å². The van der Waals surface area contributed by atoms with Gasteiger partial charge in [0.25, 0.3) is 0 Å². The predicted molar refractivity (Wildman–Crippen MR) is 42.5 cm³/mol. The maximum absolute atomic E-state index is 7.00. The van der Waals surface area contributed by atoms with Crippen LogP contribution in [0.25, 0.3) is 0 Å². The van der Waals surface area contributed by atoms with E-state index in [0.717, 1.165) is 13.1 Å². The summed E-state index contributed by atoms with van der Waals surface area (Å²) in [5, 5.41) is 8.83. The summed E-state index contributed by atoms with van der Waals surface area (Å²) >= 11 is 0. The van der Waals surface area contributed by atoms with Crippen LogP contribution in [-0.2, 0) is 4.84 Å². The molecule has 0 atom stereocenters. The first-order valence-electron chi connectivity index (χ1n) is 3.27. The highest BCUT2D eigenvalue weighted by molar-refractivity contribution is 5.85. The molecule has 0 aromatic rings. The molecule has 1 N–H and O–H groups in total. The van der Waals surface area contributed by atoms with E-state index in [4.69, 9.17) is 10.2 Å². The molecule has 1 aliphatic heterocycles. The normalized spacial score (nSPS) is 18.1. The lowest BCUT2D eigenvalue weighted by Gasteiger charge is -2.13. The zero-order valence-corrected chi connectivity index (χ0v) is 6.91. The molecule has 3 nitrogen and oxygen atoms in total. The molecular weight excluding hydrogens is 152 g/mol. The van der Waals surface area contributed by atoms with Crippen molar-refractivity contribution in [2.24, 2.45) is 0 Å². The van der Waals surface area contributed by atoms with E-state index in [1.54, 1.807) is 6.92 Å². The number of hydrogen-bond donors (Lipinski definition) is 1. The van der Waals surface area contributed by atoms with Crippen LogP contribution in [0.15, 0.2) is 0 Å². The Balaban J connectivity index is 0.000000810. The molecule has 0 unspecified atom stereocenters. The highest BCUT2D eigenvalue weighted by atomic mass is 35.5. The first-order valence-corrected chi connectivity index (χ1v) is 3.27. The summed E-state index contributed by atoms with van der Waals surface area (Å²) in [4.78, 5) is 5.03. The lowest BCUT2D eigenvalue weighted by molar-refractivity contribution is -0.0516. The Bertz CT molecular complexity index is 112. The number of hydroxylamine groups is 2. The van der Waals surface area contributed by atoms with Crippen molar-refractivity contribution in [3.05, 3.63) is 0 Å². The van der Waals surface area contributed by atoms with Gasteiger partial charge in [0.2, 0.25) is 5.90 Å². The summed E-state index contributed by atoms with van der Waals surface area (Å²) in [6.45, 7) is 3.62. The van der Waals surface area contributed by atoms with Crippen molar-refractivity contribution >= 4 is 18.3 Å². The fourth-order valence-electron chi connectivity index (χ4n) is 0.973. The van der Waals surface area contributed by atoms with E-state index < -0.39 is 0 Å². The SMILES string of the molecule is CC(=N)ON1CCCC1.Cl. The van der Waals surface area contributed by atoms with Gasteiger partial charge in [0.05, 0.1) is 0 Å². The second-order valence-electron chi connectivity index (χ2n) is 2.28. The fourth-order valence-corrected chi connectivity index (χ4v) is 0.973. The molecule has 1 rings (SSSR count). The summed E-state index contributed by atoms with van der Waals surface area (Å²) in [5.74, 6) is 0.289. The Hall–Kier alpha value is -0.280. The van der Waals surface area contributed by atoms with Crippen molar-refractivity contribution in [3.8, 4) is 0 Å². The summed E-state index contributed by atoms with van der Waals surface area (Å²) in [5.41, 5.74) is 0. The van der Waals surface area contributed by atoms with Crippen molar-refractivity contribution in [2.45, 2.75) is 19.8 Å². The Kier molecular flexibility index (Phi) is 4.40. The minimum Gasteiger partial charge on any atom is -0.391 e. The van der Waals surface area contributed by atoms with Crippen molar-refractivity contribution in [1.29, 1.82) is 5.41 Å². The second kappa shape index (κ2) is 4.52. The van der Waals surface area contributed by atoms with Gasteiger partial charge in [-0.25, -0.2) is 0 Å². The summed E-state index contributed by atoms with van der Waals surface area (Å²) in [6, 6.07) is 0. The van der Waals surface area contributed by atoms with Crippen molar-refractivity contribution in [2.75, 3.05) is 13.1 Å². The van der Waals surface area contributed by atoms with E-state index in [1.807, 2.05) is 5.06 Å². The van der Waals surface area contributed by atoms with Crippen LogP contribution in [0.1, 0.15) is 19.8 Å². The number of nitrogens with zero attached hydrogens (tertiary/aromatic N) is 1. The maximum atomic E-state index is 7.00. The molecule has 0 saturated carbocycles. The third-order valence-electron chi connectivity index (χ3n) is 1.33. The highest BCUT2D eigenvalue weighted by Crippen LogP contribution is 2.06. The summed E-state index contributed by atoms with van der Waals surface area (Å²) in [7, 11) is 0. The smallest absolute Gasteiger partial charge is 0.203 e. The van der Waals surface area contributed by atoms with Crippen LogP contribution >= 0.6 is 12.4 Å². The average molecular weight is 165 g/mol. The second-order valence-corrected chi connectivity index (χ2v) is 2.28. The summed E-state index contributed by atoms with van der Waals surface area (Å²) < 4.78 is 0. The molecule has 0 radical (unpaired) electrons. The van der Waals surface area contributed by atoms with E-state index in [1.165, 1.54) is 12.8 Å². The maximum Gasteiger partial charge on any atom is 0.203 e.